The van der Waals surface area contributed by atoms with Crippen LogP contribution in [0.15, 0.2) is 47.4 Å². The molecule has 0 saturated carbocycles. The van der Waals surface area contributed by atoms with Gasteiger partial charge in [-0.2, -0.15) is 0 Å². The van der Waals surface area contributed by atoms with Crippen molar-refractivity contribution in [2.24, 2.45) is 0 Å². The number of rotatable bonds is 9. The number of anilines is 2. The maximum atomic E-state index is 13.0. The third-order valence-corrected chi connectivity index (χ3v) is 5.51. The molecule has 0 heterocycles. The summed E-state index contributed by atoms with van der Waals surface area (Å²) < 4.78 is 33.2. The first-order chi connectivity index (χ1) is 12.9. The Morgan fingerprint density at radius 2 is 1.78 bits per heavy atom. The van der Waals surface area contributed by atoms with Crippen molar-refractivity contribution >= 4 is 27.4 Å². The minimum Gasteiger partial charge on any atom is -0.465 e. The highest BCUT2D eigenvalue weighted by atomic mass is 32.2. The summed E-state index contributed by atoms with van der Waals surface area (Å²) in [6.45, 7) is 4.68. The second-order valence-corrected chi connectivity index (χ2v) is 7.96. The second kappa shape index (κ2) is 9.41. The number of unbranched alkanes of at least 4 members (excludes halogenated alkanes) is 2. The summed E-state index contributed by atoms with van der Waals surface area (Å²) in [7, 11) is -2.62. The molecule has 0 saturated heterocycles. The van der Waals surface area contributed by atoms with Gasteiger partial charge in [-0.05, 0) is 43.7 Å². The zero-order valence-corrected chi connectivity index (χ0v) is 16.7. The van der Waals surface area contributed by atoms with E-state index >= 15 is 0 Å². The van der Waals surface area contributed by atoms with Crippen LogP contribution in [0.4, 0.5) is 11.4 Å². The van der Waals surface area contributed by atoms with Gasteiger partial charge >= 0.3 is 5.97 Å². The van der Waals surface area contributed by atoms with Crippen molar-refractivity contribution in [3.63, 3.8) is 0 Å². The van der Waals surface area contributed by atoms with Crippen molar-refractivity contribution in [2.45, 2.75) is 38.0 Å². The Balaban J connectivity index is 2.36. The van der Waals surface area contributed by atoms with Crippen molar-refractivity contribution in [2.75, 3.05) is 23.7 Å². The van der Waals surface area contributed by atoms with Gasteiger partial charge < -0.3 is 10.1 Å². The molecule has 146 valence electrons. The number of ether oxygens (including phenoxy) is 1. The maximum absolute atomic E-state index is 13.0. The van der Waals surface area contributed by atoms with Crippen LogP contribution in [-0.4, -0.2) is 28.0 Å². The van der Waals surface area contributed by atoms with E-state index in [0.717, 1.165) is 24.8 Å². The largest absolute Gasteiger partial charge is 0.465 e. The molecule has 0 atom stereocenters. The quantitative estimate of drug-likeness (QED) is 0.495. The topological polar surface area (TPSA) is 84.5 Å². The van der Waals surface area contributed by atoms with Crippen LogP contribution in [0.2, 0.25) is 0 Å². The molecule has 0 unspecified atom stereocenters. The van der Waals surface area contributed by atoms with E-state index in [0.29, 0.717) is 17.9 Å². The Hall–Kier alpha value is -2.54. The number of hydrogen-bond donors (Lipinski definition) is 2. The molecule has 0 radical (unpaired) electrons. The lowest BCUT2D eigenvalue weighted by Gasteiger charge is -2.15. The first-order valence-corrected chi connectivity index (χ1v) is 10.4. The molecule has 27 heavy (non-hydrogen) atoms. The Morgan fingerprint density at radius 3 is 2.41 bits per heavy atom. The molecule has 2 N–H and O–H groups in total. The summed E-state index contributed by atoms with van der Waals surface area (Å²) in [5, 5.41) is 3.16. The minimum absolute atomic E-state index is 0.0162. The molecule has 0 bridgehead atoms. The number of aryl methyl sites for hydroxylation is 1. The summed E-state index contributed by atoms with van der Waals surface area (Å²) in [4.78, 5) is 11.9. The third-order valence-electron chi connectivity index (χ3n) is 4.09. The minimum atomic E-state index is -3.88. The van der Waals surface area contributed by atoms with Crippen molar-refractivity contribution in [3.8, 4) is 0 Å². The summed E-state index contributed by atoms with van der Waals surface area (Å²) in [5.41, 5.74) is 2.13. The zero-order chi connectivity index (χ0) is 19.9. The molecule has 0 aromatic heterocycles. The fourth-order valence-electron chi connectivity index (χ4n) is 2.57. The lowest BCUT2D eigenvalue weighted by molar-refractivity contribution is 0.0600. The normalized spacial score (nSPS) is 11.1. The number of hydrogen-bond acceptors (Lipinski definition) is 5. The van der Waals surface area contributed by atoms with Crippen LogP contribution in [-0.2, 0) is 14.8 Å². The number of carbonyl (C=O) groups excluding carboxylic acids is 1. The Morgan fingerprint density at radius 1 is 1.07 bits per heavy atom. The number of sulfonamides is 1. The smallest absolute Gasteiger partial charge is 0.337 e. The van der Waals surface area contributed by atoms with Gasteiger partial charge in [0.1, 0.15) is 4.90 Å². The van der Waals surface area contributed by atoms with Gasteiger partial charge in [0.2, 0.25) is 0 Å². The van der Waals surface area contributed by atoms with Crippen LogP contribution in [0.25, 0.3) is 0 Å². The average molecular weight is 391 g/mol. The predicted octanol–water partition coefficient (Wildman–Crippen LogP) is 4.18. The van der Waals surface area contributed by atoms with Gasteiger partial charge in [0.15, 0.2) is 0 Å². The summed E-state index contributed by atoms with van der Waals surface area (Å²) in [6, 6.07) is 11.5. The number of nitrogens with one attached hydrogen (secondary N) is 2. The van der Waals surface area contributed by atoms with Crippen LogP contribution in [0.3, 0.4) is 0 Å². The molecule has 0 aliphatic carbocycles. The van der Waals surface area contributed by atoms with E-state index in [4.69, 9.17) is 4.74 Å². The van der Waals surface area contributed by atoms with E-state index in [1.54, 1.807) is 24.3 Å². The van der Waals surface area contributed by atoms with E-state index in [1.165, 1.54) is 13.2 Å². The summed E-state index contributed by atoms with van der Waals surface area (Å²) >= 11 is 0. The SMILES string of the molecule is CCCCCNc1ccc(C(=O)OC)cc1S(=O)(=O)Nc1ccc(C)cc1. The van der Waals surface area contributed by atoms with Gasteiger partial charge in [0.25, 0.3) is 10.0 Å². The lowest BCUT2D eigenvalue weighted by Crippen LogP contribution is -2.17. The third kappa shape index (κ3) is 5.72. The standard InChI is InChI=1S/C20H26N2O4S/c1-4-5-6-13-21-18-12-9-16(20(23)26-3)14-19(18)27(24,25)22-17-10-7-15(2)8-11-17/h7-12,14,21-22H,4-6,13H2,1-3H3. The number of methoxy groups -OCH3 is 1. The van der Waals surface area contributed by atoms with Crippen molar-refractivity contribution in [1.29, 1.82) is 0 Å². The van der Waals surface area contributed by atoms with Gasteiger partial charge in [0.05, 0.1) is 18.4 Å². The fourth-order valence-corrected chi connectivity index (χ4v) is 3.83. The number of esters is 1. The molecule has 2 aromatic rings. The first-order valence-electron chi connectivity index (χ1n) is 8.93. The van der Waals surface area contributed by atoms with Crippen molar-refractivity contribution < 1.29 is 17.9 Å². The van der Waals surface area contributed by atoms with Crippen LogP contribution in [0, 0.1) is 6.92 Å². The summed E-state index contributed by atoms with van der Waals surface area (Å²) in [5.74, 6) is -0.584. The monoisotopic (exact) mass is 390 g/mol. The number of benzene rings is 2. The van der Waals surface area contributed by atoms with Gasteiger partial charge in [-0.1, -0.05) is 37.5 Å². The van der Waals surface area contributed by atoms with Crippen LogP contribution >= 0.6 is 0 Å². The van der Waals surface area contributed by atoms with Gasteiger partial charge in [0, 0.05) is 12.2 Å². The van der Waals surface area contributed by atoms with Crippen LogP contribution in [0.5, 0.6) is 0 Å². The Kier molecular flexibility index (Phi) is 7.24. The molecule has 2 aromatic carbocycles. The highest BCUT2D eigenvalue weighted by molar-refractivity contribution is 7.92. The molecule has 0 fully saturated rings. The predicted molar refractivity (Wildman–Crippen MR) is 108 cm³/mol. The molecule has 0 spiro atoms. The molecule has 0 aliphatic rings. The van der Waals surface area contributed by atoms with Crippen molar-refractivity contribution in [1.82, 2.24) is 0 Å². The van der Waals surface area contributed by atoms with Gasteiger partial charge in [-0.25, -0.2) is 13.2 Å². The molecule has 0 aliphatic heterocycles. The van der Waals surface area contributed by atoms with Gasteiger partial charge in [-0.15, -0.1) is 0 Å². The second-order valence-electron chi connectivity index (χ2n) is 6.31. The molecular formula is C20H26N2O4S. The first kappa shape index (κ1) is 20.8. The van der Waals surface area contributed by atoms with Crippen LogP contribution < -0.4 is 10.0 Å². The maximum Gasteiger partial charge on any atom is 0.337 e. The highest BCUT2D eigenvalue weighted by Crippen LogP contribution is 2.26. The number of carbonyl (C=O) groups is 1. The molecule has 7 heteroatoms. The van der Waals surface area contributed by atoms with E-state index < -0.39 is 16.0 Å². The van der Waals surface area contributed by atoms with E-state index in [1.807, 2.05) is 19.1 Å². The van der Waals surface area contributed by atoms with E-state index in [2.05, 4.69) is 17.0 Å². The fraction of sp³-hybridized carbons (Fsp3) is 0.350. The molecule has 0 amide bonds. The Bertz CT molecular complexity index is 877. The van der Waals surface area contributed by atoms with E-state index in [9.17, 15) is 13.2 Å². The van der Waals surface area contributed by atoms with E-state index in [-0.39, 0.29) is 10.5 Å². The molecule has 6 nitrogen and oxygen atoms in total. The van der Waals surface area contributed by atoms with Crippen molar-refractivity contribution in [3.05, 3.63) is 53.6 Å². The lowest BCUT2D eigenvalue weighted by atomic mass is 10.2. The molecule has 2 rings (SSSR count). The molecular weight excluding hydrogens is 364 g/mol. The summed E-state index contributed by atoms with van der Waals surface area (Å²) in [6.07, 6.45) is 3.06. The van der Waals surface area contributed by atoms with Gasteiger partial charge in [-0.3, -0.25) is 4.72 Å². The zero-order valence-electron chi connectivity index (χ0n) is 15.9. The highest BCUT2D eigenvalue weighted by Gasteiger charge is 2.21. The Labute approximate surface area is 161 Å². The average Bonchev–Trinajstić information content (AvgIpc) is 2.66. The van der Waals surface area contributed by atoms with Crippen LogP contribution in [0.1, 0.15) is 42.1 Å².